The molecule has 0 amide bonds. The fraction of sp³-hybridized carbons (Fsp3) is 0.474. The monoisotopic (exact) mass is 536 g/mol. The van der Waals surface area contributed by atoms with Gasteiger partial charge in [0.05, 0.1) is 0 Å². The Labute approximate surface area is 246 Å². The molecule has 1 aromatic rings. The Bertz CT molecular complexity index is 903. The van der Waals surface area contributed by atoms with Crippen LogP contribution in [0.4, 0.5) is 0 Å². The number of benzene rings is 1. The van der Waals surface area contributed by atoms with Crippen LogP contribution in [0.1, 0.15) is 120 Å². The molecular formula is C38H65N. The van der Waals surface area contributed by atoms with Crippen LogP contribution in [-0.4, -0.2) is 11.9 Å². The van der Waals surface area contributed by atoms with E-state index in [0.29, 0.717) is 0 Å². The average molecular weight is 536 g/mol. The molecule has 0 saturated carbocycles. The molecule has 1 aliphatic carbocycles. The Morgan fingerprint density at radius 1 is 0.923 bits per heavy atom. The second-order valence-electron chi connectivity index (χ2n) is 8.35. The lowest BCUT2D eigenvalue weighted by Crippen LogP contribution is -2.16. The van der Waals surface area contributed by atoms with Crippen molar-refractivity contribution in [3.8, 4) is 0 Å². The van der Waals surface area contributed by atoms with Crippen molar-refractivity contribution >= 4 is 5.57 Å². The van der Waals surface area contributed by atoms with E-state index in [-0.39, 0.29) is 0 Å². The minimum absolute atomic E-state index is 1.05. The van der Waals surface area contributed by atoms with Gasteiger partial charge >= 0.3 is 0 Å². The number of aryl methyl sites for hydroxylation is 2. The van der Waals surface area contributed by atoms with Crippen LogP contribution in [0.5, 0.6) is 0 Å². The third kappa shape index (κ3) is 19.0. The van der Waals surface area contributed by atoms with E-state index in [1.807, 2.05) is 55.4 Å². The van der Waals surface area contributed by atoms with Crippen LogP contribution >= 0.6 is 0 Å². The van der Waals surface area contributed by atoms with E-state index >= 15 is 0 Å². The van der Waals surface area contributed by atoms with Crippen LogP contribution in [0.2, 0.25) is 0 Å². The lowest BCUT2D eigenvalue weighted by Gasteiger charge is -2.25. The second kappa shape index (κ2) is 29.8. The van der Waals surface area contributed by atoms with Crippen LogP contribution in [0, 0.1) is 0 Å². The van der Waals surface area contributed by atoms with Crippen molar-refractivity contribution in [1.29, 1.82) is 0 Å². The van der Waals surface area contributed by atoms with Gasteiger partial charge < -0.3 is 4.90 Å². The van der Waals surface area contributed by atoms with Gasteiger partial charge in [-0.25, -0.2) is 0 Å². The van der Waals surface area contributed by atoms with Crippen molar-refractivity contribution in [1.82, 2.24) is 4.90 Å². The molecule has 222 valence electrons. The molecule has 1 nitrogen and oxygen atoms in total. The standard InChI is InChI=1S/C18H23N.C8H10.C3H8.C3H6.3C2H6/c1-6-15-8-9-17(12-16(15)7-2)18-10-13(3)19(5)14(4)11-18;1-7(2)8-5-3-4-6-8;2*1-3-2;3*1-2/h8-12H,3,6-7H2,1-2,4-5H3;3-5H,1,6H2,2H3;3H2,1-2H3;3H,1H2,2H3;3*1-2H3. The molecule has 0 atom stereocenters. The first-order valence-corrected chi connectivity index (χ1v) is 15.2. The van der Waals surface area contributed by atoms with Crippen molar-refractivity contribution in [2.24, 2.45) is 0 Å². The van der Waals surface area contributed by atoms with Gasteiger partial charge in [-0.2, -0.15) is 0 Å². The van der Waals surface area contributed by atoms with Crippen molar-refractivity contribution in [3.05, 3.63) is 114 Å². The molecule has 0 saturated heterocycles. The van der Waals surface area contributed by atoms with Crippen LogP contribution in [0.25, 0.3) is 5.57 Å². The van der Waals surface area contributed by atoms with Crippen molar-refractivity contribution in [2.45, 2.75) is 116 Å². The van der Waals surface area contributed by atoms with Gasteiger partial charge in [0.15, 0.2) is 0 Å². The lowest BCUT2D eigenvalue weighted by atomic mass is 9.94. The number of hydrogen-bond donors (Lipinski definition) is 0. The van der Waals surface area contributed by atoms with Crippen molar-refractivity contribution < 1.29 is 0 Å². The minimum Gasteiger partial charge on any atom is -0.349 e. The first-order valence-electron chi connectivity index (χ1n) is 15.2. The van der Waals surface area contributed by atoms with Gasteiger partial charge in [-0.3, -0.25) is 0 Å². The molecule has 2 aliphatic rings. The first kappa shape index (κ1) is 43.3. The van der Waals surface area contributed by atoms with E-state index in [9.17, 15) is 0 Å². The van der Waals surface area contributed by atoms with E-state index in [1.165, 1.54) is 45.5 Å². The number of nitrogens with zero attached hydrogens (tertiary/aromatic N) is 1. The van der Waals surface area contributed by atoms with Crippen molar-refractivity contribution in [2.75, 3.05) is 7.05 Å². The summed E-state index contributed by atoms with van der Waals surface area (Å²) in [6.07, 6.45) is 17.0. The SMILES string of the molecule is C=C(C)C1=CC=CC1.C=C1C=C(c2ccc(CC)c(CC)c2)C=C(C)N1C.C=CC.CC.CC.CC.CCC. The summed E-state index contributed by atoms with van der Waals surface area (Å²) in [7, 11) is 2.05. The summed E-state index contributed by atoms with van der Waals surface area (Å²) in [4.78, 5) is 2.12. The molecule has 0 fully saturated rings. The Kier molecular flexibility index (Phi) is 33.0. The Morgan fingerprint density at radius 2 is 1.41 bits per heavy atom. The van der Waals surface area contributed by atoms with Crippen LogP contribution in [0.15, 0.2) is 96.9 Å². The minimum atomic E-state index is 1.05. The van der Waals surface area contributed by atoms with Gasteiger partial charge in [-0.15, -0.1) is 6.58 Å². The zero-order chi connectivity index (χ0) is 31.4. The largest absolute Gasteiger partial charge is 0.349 e. The second-order valence-corrected chi connectivity index (χ2v) is 8.35. The lowest BCUT2D eigenvalue weighted by molar-refractivity contribution is 0.536. The molecule has 1 aliphatic heterocycles. The molecule has 1 heterocycles. The Morgan fingerprint density at radius 3 is 1.74 bits per heavy atom. The number of hydrogen-bond acceptors (Lipinski definition) is 1. The molecule has 0 spiro atoms. The summed E-state index contributed by atoms with van der Waals surface area (Å²) in [6, 6.07) is 6.82. The van der Waals surface area contributed by atoms with Crippen LogP contribution in [-0.2, 0) is 12.8 Å². The topological polar surface area (TPSA) is 3.24 Å². The van der Waals surface area contributed by atoms with E-state index in [0.717, 1.165) is 25.0 Å². The zero-order valence-electron chi connectivity index (χ0n) is 28.6. The van der Waals surface area contributed by atoms with Gasteiger partial charge in [-0.1, -0.05) is 137 Å². The summed E-state index contributed by atoms with van der Waals surface area (Å²) in [5, 5.41) is 0. The third-order valence-electron chi connectivity index (χ3n) is 5.27. The molecule has 39 heavy (non-hydrogen) atoms. The van der Waals surface area contributed by atoms with E-state index in [2.05, 4.69) is 115 Å². The van der Waals surface area contributed by atoms with Crippen molar-refractivity contribution in [3.63, 3.8) is 0 Å². The smallest absolute Gasteiger partial charge is 0.0338 e. The van der Waals surface area contributed by atoms with Crippen LogP contribution < -0.4 is 0 Å². The fourth-order valence-electron chi connectivity index (χ4n) is 3.28. The molecule has 3 rings (SSSR count). The molecule has 0 bridgehead atoms. The molecule has 0 unspecified atom stereocenters. The summed E-state index contributed by atoms with van der Waals surface area (Å²) >= 11 is 0. The Hall–Kier alpha value is -2.80. The number of likely N-dealkylation sites (N-methyl/N-ethyl adjacent to an activating group) is 1. The van der Waals surface area contributed by atoms with Gasteiger partial charge in [0, 0.05) is 18.4 Å². The van der Waals surface area contributed by atoms with Gasteiger partial charge in [0.2, 0.25) is 0 Å². The maximum absolute atomic E-state index is 4.11. The predicted molar refractivity (Wildman–Crippen MR) is 186 cm³/mol. The highest BCUT2D eigenvalue weighted by molar-refractivity contribution is 5.78. The third-order valence-corrected chi connectivity index (χ3v) is 5.27. The normalized spacial score (nSPS) is 12.1. The highest BCUT2D eigenvalue weighted by Crippen LogP contribution is 2.28. The average Bonchev–Trinajstić information content (AvgIpc) is 3.51. The van der Waals surface area contributed by atoms with Gasteiger partial charge in [0.25, 0.3) is 0 Å². The van der Waals surface area contributed by atoms with E-state index in [1.54, 1.807) is 6.08 Å². The summed E-state index contributed by atoms with van der Waals surface area (Å²) < 4.78 is 0. The molecule has 0 aromatic heterocycles. The zero-order valence-corrected chi connectivity index (χ0v) is 28.6. The van der Waals surface area contributed by atoms with Gasteiger partial charge in [0.1, 0.15) is 0 Å². The quantitative estimate of drug-likeness (QED) is 0.346. The maximum Gasteiger partial charge on any atom is 0.0338 e. The highest BCUT2D eigenvalue weighted by atomic mass is 15.1. The van der Waals surface area contributed by atoms with E-state index < -0.39 is 0 Å². The number of rotatable bonds is 4. The Balaban J connectivity index is -0.000000254. The summed E-state index contributed by atoms with van der Waals surface area (Å²) in [5.74, 6) is 0. The molecule has 0 radical (unpaired) electrons. The summed E-state index contributed by atoms with van der Waals surface area (Å²) in [6.45, 7) is 38.0. The van der Waals surface area contributed by atoms with Gasteiger partial charge in [-0.05, 0) is 80.0 Å². The molecule has 1 aromatic carbocycles. The van der Waals surface area contributed by atoms with Crippen LogP contribution in [0.3, 0.4) is 0 Å². The number of allylic oxidation sites excluding steroid dienone is 10. The molecule has 1 heteroatoms. The molecule has 0 N–H and O–H groups in total. The highest BCUT2D eigenvalue weighted by Gasteiger charge is 2.12. The maximum atomic E-state index is 4.11. The first-order chi connectivity index (χ1) is 18.7. The fourth-order valence-corrected chi connectivity index (χ4v) is 3.28. The predicted octanol–water partition coefficient (Wildman–Crippen LogP) is 12.7. The van der Waals surface area contributed by atoms with E-state index in [4.69, 9.17) is 0 Å². The molecular weight excluding hydrogens is 470 g/mol. The summed E-state index contributed by atoms with van der Waals surface area (Å²) in [5.41, 5.74) is 10.3.